The van der Waals surface area contributed by atoms with Gasteiger partial charge in [0.2, 0.25) is 0 Å². The fraction of sp³-hybridized carbons (Fsp3) is 0.250. The third-order valence-corrected chi connectivity index (χ3v) is 5.56. The molecule has 3 aromatic heterocycles. The van der Waals surface area contributed by atoms with Crippen LogP contribution in [0.3, 0.4) is 0 Å². The van der Waals surface area contributed by atoms with Crippen molar-refractivity contribution in [3.05, 3.63) is 53.6 Å². The molecule has 0 radical (unpaired) electrons. The van der Waals surface area contributed by atoms with Gasteiger partial charge in [-0.3, -0.25) is 0 Å². The smallest absolute Gasteiger partial charge is 0.162 e. The van der Waals surface area contributed by atoms with Crippen LogP contribution in [0, 0.1) is 0 Å². The van der Waals surface area contributed by atoms with Crippen molar-refractivity contribution < 1.29 is 4.74 Å². The highest BCUT2D eigenvalue weighted by Crippen LogP contribution is 2.35. The topological polar surface area (TPSA) is 52.8 Å². The first kappa shape index (κ1) is 15.5. The number of aromatic nitrogens is 4. The van der Waals surface area contributed by atoms with Crippen LogP contribution in [0.4, 0.5) is 0 Å². The van der Waals surface area contributed by atoms with Gasteiger partial charge in [-0.1, -0.05) is 12.8 Å². The molecule has 4 aromatic rings. The van der Waals surface area contributed by atoms with E-state index in [9.17, 15) is 0 Å². The molecule has 0 aliphatic heterocycles. The zero-order valence-corrected chi connectivity index (χ0v) is 15.0. The van der Waals surface area contributed by atoms with Crippen LogP contribution >= 0.6 is 11.3 Å². The standard InChI is InChI=1S/C20H18N4OS/c1-2-4-15(3-1)24-20-18(11-21-13-22-20)19(23-24)14-5-7-16(8-6-14)25-17-9-10-26-12-17/h5-13,15H,1-4H2. The van der Waals surface area contributed by atoms with E-state index < -0.39 is 0 Å². The minimum Gasteiger partial charge on any atom is -0.457 e. The Morgan fingerprint density at radius 1 is 1.04 bits per heavy atom. The highest BCUT2D eigenvalue weighted by Gasteiger charge is 2.23. The van der Waals surface area contributed by atoms with Crippen LogP contribution < -0.4 is 4.74 Å². The normalized spacial score (nSPS) is 14.9. The van der Waals surface area contributed by atoms with Gasteiger partial charge in [-0.15, -0.1) is 11.3 Å². The molecule has 1 saturated carbocycles. The van der Waals surface area contributed by atoms with Crippen LogP contribution in [0.1, 0.15) is 31.7 Å². The van der Waals surface area contributed by atoms with Crippen molar-refractivity contribution in [3.8, 4) is 22.8 Å². The number of nitrogens with zero attached hydrogens (tertiary/aromatic N) is 4. The molecule has 0 spiro atoms. The Labute approximate surface area is 155 Å². The number of rotatable bonds is 4. The molecule has 1 aliphatic carbocycles. The van der Waals surface area contributed by atoms with Crippen LogP contribution in [0.2, 0.25) is 0 Å². The van der Waals surface area contributed by atoms with Crippen molar-refractivity contribution >= 4 is 22.4 Å². The molecule has 26 heavy (non-hydrogen) atoms. The van der Waals surface area contributed by atoms with Crippen LogP contribution in [-0.4, -0.2) is 19.7 Å². The first-order chi connectivity index (χ1) is 12.9. The average molecular weight is 362 g/mol. The lowest BCUT2D eigenvalue weighted by atomic mass is 10.1. The zero-order valence-electron chi connectivity index (χ0n) is 14.2. The summed E-state index contributed by atoms with van der Waals surface area (Å²) in [5, 5.41) is 9.92. The van der Waals surface area contributed by atoms with Crippen molar-refractivity contribution in [2.75, 3.05) is 0 Å². The zero-order chi connectivity index (χ0) is 17.3. The molecule has 3 heterocycles. The minimum absolute atomic E-state index is 0.447. The first-order valence-corrected chi connectivity index (χ1v) is 9.81. The molecule has 0 unspecified atom stereocenters. The summed E-state index contributed by atoms with van der Waals surface area (Å²) in [5.41, 5.74) is 2.93. The summed E-state index contributed by atoms with van der Waals surface area (Å²) in [4.78, 5) is 8.72. The maximum absolute atomic E-state index is 5.84. The third kappa shape index (κ3) is 2.76. The Hall–Kier alpha value is -2.73. The summed E-state index contributed by atoms with van der Waals surface area (Å²) in [6, 6.07) is 10.5. The Morgan fingerprint density at radius 3 is 2.65 bits per heavy atom. The van der Waals surface area contributed by atoms with Crippen LogP contribution in [-0.2, 0) is 0 Å². The van der Waals surface area contributed by atoms with Crippen molar-refractivity contribution in [1.29, 1.82) is 0 Å². The molecule has 1 aromatic carbocycles. The van der Waals surface area contributed by atoms with E-state index in [4.69, 9.17) is 9.84 Å². The Kier molecular flexibility index (Phi) is 3.90. The van der Waals surface area contributed by atoms with Gasteiger partial charge in [0, 0.05) is 17.1 Å². The van der Waals surface area contributed by atoms with Gasteiger partial charge < -0.3 is 4.74 Å². The van der Waals surface area contributed by atoms with Gasteiger partial charge in [-0.2, -0.15) is 5.10 Å². The summed E-state index contributed by atoms with van der Waals surface area (Å²) in [7, 11) is 0. The summed E-state index contributed by atoms with van der Waals surface area (Å²) in [6.07, 6.45) is 8.35. The third-order valence-electron chi connectivity index (χ3n) is 4.90. The lowest BCUT2D eigenvalue weighted by Crippen LogP contribution is -2.07. The Balaban J connectivity index is 1.52. The lowest BCUT2D eigenvalue weighted by molar-refractivity contribution is 0.479. The van der Waals surface area contributed by atoms with Gasteiger partial charge >= 0.3 is 0 Å². The molecular weight excluding hydrogens is 344 g/mol. The highest BCUT2D eigenvalue weighted by molar-refractivity contribution is 7.08. The number of ether oxygens (including phenoxy) is 1. The first-order valence-electron chi connectivity index (χ1n) is 8.87. The lowest BCUT2D eigenvalue weighted by Gasteiger charge is -2.09. The summed E-state index contributed by atoms with van der Waals surface area (Å²) in [5.74, 6) is 1.69. The minimum atomic E-state index is 0.447. The highest BCUT2D eigenvalue weighted by atomic mass is 32.1. The Morgan fingerprint density at radius 2 is 1.88 bits per heavy atom. The van der Waals surface area contributed by atoms with Crippen LogP contribution in [0.25, 0.3) is 22.3 Å². The van der Waals surface area contributed by atoms with E-state index in [1.165, 1.54) is 25.7 Å². The predicted octanol–water partition coefficient (Wildman–Crippen LogP) is 5.46. The molecule has 1 fully saturated rings. The number of fused-ring (bicyclic) bond motifs is 1. The largest absolute Gasteiger partial charge is 0.457 e. The second-order valence-electron chi connectivity index (χ2n) is 6.58. The van der Waals surface area contributed by atoms with Gasteiger partial charge in [0.25, 0.3) is 0 Å². The molecule has 6 heteroatoms. The maximum Gasteiger partial charge on any atom is 0.162 e. The van der Waals surface area contributed by atoms with E-state index >= 15 is 0 Å². The molecule has 0 bridgehead atoms. The van der Waals surface area contributed by atoms with Gasteiger partial charge in [0.1, 0.15) is 23.5 Å². The maximum atomic E-state index is 5.84. The van der Waals surface area contributed by atoms with Gasteiger partial charge in [0.15, 0.2) is 5.65 Å². The van der Waals surface area contributed by atoms with E-state index in [2.05, 4.69) is 26.8 Å². The number of benzene rings is 1. The molecule has 0 saturated heterocycles. The van der Waals surface area contributed by atoms with Gasteiger partial charge in [-0.05, 0) is 48.6 Å². The van der Waals surface area contributed by atoms with Crippen molar-refractivity contribution in [2.24, 2.45) is 0 Å². The summed E-state index contributed by atoms with van der Waals surface area (Å²) in [6.45, 7) is 0. The van der Waals surface area contributed by atoms with E-state index in [-0.39, 0.29) is 0 Å². The monoisotopic (exact) mass is 362 g/mol. The molecule has 5 nitrogen and oxygen atoms in total. The quantitative estimate of drug-likeness (QED) is 0.483. The number of hydrogen-bond donors (Lipinski definition) is 0. The van der Waals surface area contributed by atoms with E-state index in [0.29, 0.717) is 6.04 Å². The van der Waals surface area contributed by atoms with Crippen LogP contribution in [0.15, 0.2) is 53.6 Å². The predicted molar refractivity (Wildman–Crippen MR) is 103 cm³/mol. The van der Waals surface area contributed by atoms with Crippen molar-refractivity contribution in [2.45, 2.75) is 31.7 Å². The van der Waals surface area contributed by atoms with Crippen molar-refractivity contribution in [3.63, 3.8) is 0 Å². The fourth-order valence-corrected chi connectivity index (χ4v) is 4.18. The second kappa shape index (κ2) is 6.53. The summed E-state index contributed by atoms with van der Waals surface area (Å²) >= 11 is 1.62. The molecule has 5 rings (SSSR count). The Bertz CT molecular complexity index is 1020. The van der Waals surface area contributed by atoms with Gasteiger partial charge in [0.05, 0.1) is 11.4 Å². The summed E-state index contributed by atoms with van der Waals surface area (Å²) < 4.78 is 7.95. The van der Waals surface area contributed by atoms with E-state index in [1.54, 1.807) is 17.7 Å². The van der Waals surface area contributed by atoms with E-state index in [0.717, 1.165) is 33.8 Å². The molecule has 0 amide bonds. The molecule has 1 aliphatic rings. The molecular formula is C20H18N4OS. The SMILES string of the molecule is c1ncc2c(-c3ccc(Oc4ccsc4)cc3)nn(C3CCCC3)c2n1. The number of hydrogen-bond acceptors (Lipinski definition) is 5. The average Bonchev–Trinajstić information content (AvgIpc) is 3.43. The molecule has 0 N–H and O–H groups in total. The molecule has 0 atom stereocenters. The number of thiophene rings is 1. The van der Waals surface area contributed by atoms with E-state index in [1.807, 2.05) is 35.2 Å². The van der Waals surface area contributed by atoms with Crippen LogP contribution in [0.5, 0.6) is 11.5 Å². The van der Waals surface area contributed by atoms with Gasteiger partial charge in [-0.25, -0.2) is 14.6 Å². The van der Waals surface area contributed by atoms with Crippen molar-refractivity contribution in [1.82, 2.24) is 19.7 Å². The second-order valence-corrected chi connectivity index (χ2v) is 7.36. The molecule has 130 valence electrons. The fourth-order valence-electron chi connectivity index (χ4n) is 3.63.